The Hall–Kier alpha value is -2.04. The van der Waals surface area contributed by atoms with E-state index in [1.165, 1.54) is 21.3 Å². The third-order valence-electron chi connectivity index (χ3n) is 4.74. The van der Waals surface area contributed by atoms with E-state index in [2.05, 4.69) is 10.2 Å². The van der Waals surface area contributed by atoms with Crippen molar-refractivity contribution in [2.45, 2.75) is 26.3 Å². The number of benzene rings is 1. The highest BCUT2D eigenvalue weighted by atomic mass is 127. The number of rotatable bonds is 6. The molecule has 9 heteroatoms. The van der Waals surface area contributed by atoms with Crippen molar-refractivity contribution in [1.29, 1.82) is 0 Å². The van der Waals surface area contributed by atoms with Gasteiger partial charge in [0.25, 0.3) is 0 Å². The summed E-state index contributed by atoms with van der Waals surface area (Å²) in [4.78, 5) is 30.5. The second kappa shape index (κ2) is 12.5. The fourth-order valence-electron chi connectivity index (χ4n) is 3.21. The minimum Gasteiger partial charge on any atom is -0.496 e. The highest BCUT2D eigenvalue weighted by molar-refractivity contribution is 14.0. The topological polar surface area (TPSA) is 89.5 Å². The molecule has 1 N–H and O–H groups in total. The van der Waals surface area contributed by atoms with E-state index in [-0.39, 0.29) is 35.9 Å². The number of nitrogens with one attached hydrogen (secondary N) is 1. The van der Waals surface area contributed by atoms with Gasteiger partial charge in [-0.15, -0.1) is 24.0 Å². The molecule has 2 rings (SSSR count). The Labute approximate surface area is 189 Å². The highest BCUT2D eigenvalue weighted by Gasteiger charge is 2.27. The molecule has 0 bridgehead atoms. The number of likely N-dealkylation sites (tertiary alicyclic amines) is 1. The second-order valence-corrected chi connectivity index (χ2v) is 6.48. The van der Waals surface area contributed by atoms with Crippen LogP contribution >= 0.6 is 24.0 Å². The number of halogens is 1. The van der Waals surface area contributed by atoms with Crippen molar-refractivity contribution in [3.63, 3.8) is 0 Å². The summed E-state index contributed by atoms with van der Waals surface area (Å²) in [5, 5.41) is 3.30. The zero-order valence-electron chi connectivity index (χ0n) is 17.4. The largest absolute Gasteiger partial charge is 0.496 e. The predicted molar refractivity (Wildman–Crippen MR) is 121 cm³/mol. The molecule has 1 fully saturated rings. The third-order valence-corrected chi connectivity index (χ3v) is 4.74. The second-order valence-electron chi connectivity index (χ2n) is 6.48. The number of guanidine groups is 1. The van der Waals surface area contributed by atoms with Crippen LogP contribution in [0.15, 0.2) is 23.2 Å². The molecule has 1 heterocycles. The number of hydrogen-bond acceptors (Lipinski definition) is 6. The van der Waals surface area contributed by atoms with Gasteiger partial charge in [-0.05, 0) is 37.5 Å². The zero-order valence-corrected chi connectivity index (χ0v) is 19.7. The number of piperidine rings is 1. The summed E-state index contributed by atoms with van der Waals surface area (Å²) < 4.78 is 14.9. The summed E-state index contributed by atoms with van der Waals surface area (Å²) in [7, 11) is 4.28. The molecular weight excluding hydrogens is 489 g/mol. The van der Waals surface area contributed by atoms with Crippen LogP contribution in [0.2, 0.25) is 0 Å². The Balaban J connectivity index is 0.00000420. The lowest BCUT2D eigenvalue weighted by atomic mass is 9.97. The molecule has 1 saturated heterocycles. The van der Waals surface area contributed by atoms with Crippen LogP contribution in [0.25, 0.3) is 0 Å². The van der Waals surface area contributed by atoms with E-state index < -0.39 is 5.97 Å². The number of nitrogens with zero attached hydrogens (tertiary/aromatic N) is 2. The molecule has 29 heavy (non-hydrogen) atoms. The van der Waals surface area contributed by atoms with Gasteiger partial charge in [-0.25, -0.2) is 9.79 Å². The van der Waals surface area contributed by atoms with Crippen molar-refractivity contribution in [3.8, 4) is 5.75 Å². The van der Waals surface area contributed by atoms with Crippen molar-refractivity contribution >= 4 is 41.9 Å². The summed E-state index contributed by atoms with van der Waals surface area (Å²) >= 11 is 0. The van der Waals surface area contributed by atoms with E-state index in [9.17, 15) is 9.59 Å². The molecule has 8 nitrogen and oxygen atoms in total. The summed E-state index contributed by atoms with van der Waals surface area (Å²) in [6, 6.07) is 5.36. The average Bonchev–Trinajstić information content (AvgIpc) is 2.75. The Morgan fingerprint density at radius 3 is 2.41 bits per heavy atom. The summed E-state index contributed by atoms with van der Waals surface area (Å²) in [6.45, 7) is 4.64. The molecule has 1 aliphatic heterocycles. The Bertz CT molecular complexity index is 718. The quantitative estimate of drug-likeness (QED) is 0.267. The van der Waals surface area contributed by atoms with Crippen LogP contribution in [0.1, 0.15) is 35.7 Å². The van der Waals surface area contributed by atoms with Crippen molar-refractivity contribution in [2.75, 3.05) is 41.0 Å². The number of hydrogen-bond donors (Lipinski definition) is 1. The zero-order chi connectivity index (χ0) is 20.5. The fraction of sp³-hybridized carbons (Fsp3) is 0.550. The first-order chi connectivity index (χ1) is 13.5. The van der Waals surface area contributed by atoms with E-state index in [1.54, 1.807) is 12.1 Å². The maximum Gasteiger partial charge on any atom is 0.341 e. The Kier molecular flexibility index (Phi) is 10.8. The van der Waals surface area contributed by atoms with Gasteiger partial charge in [0.05, 0.1) is 33.8 Å². The average molecular weight is 519 g/mol. The van der Waals surface area contributed by atoms with Gasteiger partial charge in [-0.3, -0.25) is 4.79 Å². The molecule has 0 radical (unpaired) electrons. The Morgan fingerprint density at radius 1 is 1.17 bits per heavy atom. The highest BCUT2D eigenvalue weighted by Crippen LogP contribution is 2.22. The van der Waals surface area contributed by atoms with Gasteiger partial charge in [-0.1, -0.05) is 6.07 Å². The van der Waals surface area contributed by atoms with Crippen LogP contribution in [0, 0.1) is 5.92 Å². The number of esters is 2. The molecule has 0 saturated carbocycles. The van der Waals surface area contributed by atoms with Gasteiger partial charge in [0.1, 0.15) is 11.3 Å². The molecule has 162 valence electrons. The molecule has 0 aliphatic carbocycles. The molecule has 0 unspecified atom stereocenters. The number of ether oxygens (including phenoxy) is 3. The predicted octanol–water partition coefficient (Wildman–Crippen LogP) is 2.45. The molecule has 1 aliphatic rings. The first kappa shape index (κ1) is 25.0. The normalized spacial score (nSPS) is 14.6. The van der Waals surface area contributed by atoms with E-state index in [0.717, 1.165) is 44.0 Å². The van der Waals surface area contributed by atoms with Crippen molar-refractivity contribution < 1.29 is 23.8 Å². The molecule has 0 aromatic heterocycles. The molecule has 1 aromatic rings. The minimum atomic E-state index is -0.445. The molecule has 1 aromatic carbocycles. The summed E-state index contributed by atoms with van der Waals surface area (Å²) in [5.41, 5.74) is 1.25. The molecule has 0 amide bonds. The Morgan fingerprint density at radius 2 is 1.86 bits per heavy atom. The molecule has 0 spiro atoms. The van der Waals surface area contributed by atoms with Gasteiger partial charge in [-0.2, -0.15) is 0 Å². The van der Waals surface area contributed by atoms with E-state index in [4.69, 9.17) is 19.2 Å². The van der Waals surface area contributed by atoms with E-state index >= 15 is 0 Å². The van der Waals surface area contributed by atoms with Crippen LogP contribution in [-0.4, -0.2) is 63.8 Å². The van der Waals surface area contributed by atoms with Crippen molar-refractivity contribution in [2.24, 2.45) is 10.9 Å². The summed E-state index contributed by atoms with van der Waals surface area (Å²) in [5.74, 6) is 0.626. The van der Waals surface area contributed by atoms with Gasteiger partial charge >= 0.3 is 11.9 Å². The number of carbonyl (C=O) groups is 2. The maximum absolute atomic E-state index is 11.9. The van der Waals surface area contributed by atoms with E-state index in [0.29, 0.717) is 17.9 Å². The first-order valence-corrected chi connectivity index (χ1v) is 9.40. The van der Waals surface area contributed by atoms with Crippen molar-refractivity contribution in [1.82, 2.24) is 10.2 Å². The lowest BCUT2D eigenvalue weighted by Gasteiger charge is -2.33. The van der Waals surface area contributed by atoms with Crippen LogP contribution in [0.4, 0.5) is 0 Å². The number of methoxy groups -OCH3 is 3. The molecule has 0 atom stereocenters. The van der Waals surface area contributed by atoms with Gasteiger partial charge in [0.15, 0.2) is 5.96 Å². The monoisotopic (exact) mass is 519 g/mol. The summed E-state index contributed by atoms with van der Waals surface area (Å²) in [6.07, 6.45) is 1.48. The first-order valence-electron chi connectivity index (χ1n) is 9.40. The number of aliphatic imine (C=N–C) groups is 1. The smallest absolute Gasteiger partial charge is 0.341 e. The maximum atomic E-state index is 11.9. The van der Waals surface area contributed by atoms with Gasteiger partial charge in [0, 0.05) is 19.6 Å². The third kappa shape index (κ3) is 6.76. The van der Waals surface area contributed by atoms with Crippen LogP contribution in [0.5, 0.6) is 5.75 Å². The van der Waals surface area contributed by atoms with Crippen LogP contribution in [-0.2, 0) is 20.8 Å². The lowest BCUT2D eigenvalue weighted by molar-refractivity contribution is -0.146. The van der Waals surface area contributed by atoms with Crippen molar-refractivity contribution in [3.05, 3.63) is 29.3 Å². The lowest BCUT2D eigenvalue weighted by Crippen LogP contribution is -2.46. The number of carbonyl (C=O) groups excluding carboxylic acids is 2. The fourth-order valence-corrected chi connectivity index (χ4v) is 3.21. The van der Waals surface area contributed by atoms with Gasteiger partial charge < -0.3 is 24.4 Å². The SMILES string of the molecule is CCNC(=NCc1ccc(OC)c(C(=O)OC)c1)N1CCC(C(=O)OC)CC1.I. The standard InChI is InChI=1S/C20H29N3O5.HI/c1-5-21-20(23-10-8-15(9-11-23)18(24)27-3)22-13-14-6-7-17(26-2)16(12-14)19(25)28-4;/h6-7,12,15H,5,8-11,13H2,1-4H3,(H,21,22);1H. The minimum absolute atomic E-state index is 0. The molecular formula is C20H30IN3O5. The van der Waals surface area contributed by atoms with Gasteiger partial charge in [0.2, 0.25) is 0 Å². The van der Waals surface area contributed by atoms with Crippen LogP contribution in [0.3, 0.4) is 0 Å². The van der Waals surface area contributed by atoms with E-state index in [1.807, 2.05) is 13.0 Å². The van der Waals surface area contributed by atoms with Crippen LogP contribution < -0.4 is 10.1 Å².